The number of para-hydroxylation sites is 1. The number of hydrogen-bond donors (Lipinski definition) is 2. The molecule has 1 aromatic heterocycles. The van der Waals surface area contributed by atoms with Gasteiger partial charge in [0.05, 0.1) is 6.04 Å². The number of aromatic nitrogens is 2. The molecular weight excluding hydrogens is 360 g/mol. The lowest BCUT2D eigenvalue weighted by Gasteiger charge is -2.46. The Morgan fingerprint density at radius 3 is 2.75 bits per heavy atom. The van der Waals surface area contributed by atoms with Crippen molar-refractivity contribution in [3.8, 4) is 5.75 Å². The number of amides is 1. The number of likely N-dealkylation sites (tertiary alicyclic amines) is 1. The number of piperidine rings is 1. The molecule has 8 heteroatoms. The zero-order chi connectivity index (χ0) is 19.7. The van der Waals surface area contributed by atoms with Gasteiger partial charge in [0.1, 0.15) is 17.9 Å². The Balaban J connectivity index is 1.55. The number of aromatic amines is 1. The van der Waals surface area contributed by atoms with E-state index >= 15 is 0 Å². The molecular formula is C20H24N4O4. The van der Waals surface area contributed by atoms with E-state index < -0.39 is 11.1 Å². The van der Waals surface area contributed by atoms with Gasteiger partial charge < -0.3 is 15.0 Å². The van der Waals surface area contributed by atoms with Gasteiger partial charge in [-0.15, -0.1) is 0 Å². The zero-order valence-corrected chi connectivity index (χ0v) is 15.8. The fourth-order valence-corrected chi connectivity index (χ4v) is 4.04. The maximum Gasteiger partial charge on any atom is 0.265 e. The van der Waals surface area contributed by atoms with E-state index in [4.69, 9.17) is 4.74 Å². The highest BCUT2D eigenvalue weighted by atomic mass is 16.5. The third-order valence-corrected chi connectivity index (χ3v) is 5.62. The minimum absolute atomic E-state index is 0.202. The molecule has 0 aliphatic carbocycles. The van der Waals surface area contributed by atoms with Crippen LogP contribution in [0, 0.1) is 0 Å². The maximum atomic E-state index is 12.6. The van der Waals surface area contributed by atoms with Crippen LogP contribution in [-0.2, 0) is 11.3 Å². The maximum absolute atomic E-state index is 12.6. The number of fused-ring (bicyclic) bond motifs is 1. The van der Waals surface area contributed by atoms with E-state index in [1.807, 2.05) is 24.3 Å². The second-order valence-corrected chi connectivity index (χ2v) is 7.68. The van der Waals surface area contributed by atoms with Crippen LogP contribution in [0.1, 0.15) is 30.9 Å². The number of rotatable bonds is 3. The first kappa shape index (κ1) is 18.5. The van der Waals surface area contributed by atoms with E-state index in [0.29, 0.717) is 6.42 Å². The third-order valence-electron chi connectivity index (χ3n) is 5.62. The van der Waals surface area contributed by atoms with Crippen molar-refractivity contribution in [2.75, 3.05) is 20.1 Å². The van der Waals surface area contributed by atoms with Gasteiger partial charge in [0.25, 0.3) is 11.1 Å². The van der Waals surface area contributed by atoms with Crippen LogP contribution in [0.25, 0.3) is 0 Å². The number of nitrogens with zero attached hydrogens (tertiary/aromatic N) is 2. The van der Waals surface area contributed by atoms with E-state index in [1.165, 1.54) is 0 Å². The lowest BCUT2D eigenvalue weighted by atomic mass is 9.80. The Hall–Kier alpha value is -2.87. The fourth-order valence-electron chi connectivity index (χ4n) is 4.04. The molecule has 2 aliphatic heterocycles. The van der Waals surface area contributed by atoms with Crippen LogP contribution < -0.4 is 21.2 Å². The largest absolute Gasteiger partial charge is 0.487 e. The Kier molecular flexibility index (Phi) is 4.80. The number of carbonyl (C=O) groups is 1. The molecule has 8 nitrogen and oxygen atoms in total. The van der Waals surface area contributed by atoms with Gasteiger partial charge in [-0.25, -0.2) is 4.68 Å². The Bertz CT molecular complexity index is 988. The van der Waals surface area contributed by atoms with Gasteiger partial charge in [-0.05, 0) is 26.0 Å². The molecule has 2 N–H and O–H groups in total. The lowest BCUT2D eigenvalue weighted by molar-refractivity contribution is -0.123. The van der Waals surface area contributed by atoms with Gasteiger partial charge in [-0.1, -0.05) is 18.2 Å². The molecule has 0 bridgehead atoms. The molecule has 1 saturated heterocycles. The van der Waals surface area contributed by atoms with E-state index in [9.17, 15) is 14.4 Å². The number of nitrogens with one attached hydrogen (secondary N) is 2. The monoisotopic (exact) mass is 384 g/mol. The highest BCUT2D eigenvalue weighted by Crippen LogP contribution is 2.44. The highest BCUT2D eigenvalue weighted by molar-refractivity contribution is 5.76. The Morgan fingerprint density at radius 1 is 1.21 bits per heavy atom. The minimum Gasteiger partial charge on any atom is -0.487 e. The average molecular weight is 384 g/mol. The second-order valence-electron chi connectivity index (χ2n) is 7.68. The van der Waals surface area contributed by atoms with Crippen LogP contribution in [0.2, 0.25) is 0 Å². The van der Waals surface area contributed by atoms with Crippen LogP contribution in [-0.4, -0.2) is 46.3 Å². The van der Waals surface area contributed by atoms with Gasteiger partial charge in [0, 0.05) is 37.2 Å². The smallest absolute Gasteiger partial charge is 0.265 e. The molecule has 1 atom stereocenters. The molecule has 0 saturated carbocycles. The predicted octanol–water partition coefficient (Wildman–Crippen LogP) is 0.641. The number of H-pyrrole nitrogens is 1. The third kappa shape index (κ3) is 3.73. The number of ether oxygens (including phenoxy) is 1. The summed E-state index contributed by atoms with van der Waals surface area (Å²) in [7, 11) is 2.10. The summed E-state index contributed by atoms with van der Waals surface area (Å²) in [5.41, 5.74) is -0.200. The van der Waals surface area contributed by atoms with Gasteiger partial charge in [0.15, 0.2) is 0 Å². The number of carbonyl (C=O) groups excluding carboxylic acids is 1. The van der Waals surface area contributed by atoms with Crippen molar-refractivity contribution in [2.45, 2.75) is 37.5 Å². The van der Waals surface area contributed by atoms with Gasteiger partial charge in [-0.3, -0.25) is 19.5 Å². The van der Waals surface area contributed by atoms with Crippen molar-refractivity contribution in [1.29, 1.82) is 0 Å². The summed E-state index contributed by atoms with van der Waals surface area (Å²) in [6.45, 7) is 1.66. The van der Waals surface area contributed by atoms with Crippen molar-refractivity contribution in [3.05, 3.63) is 62.7 Å². The van der Waals surface area contributed by atoms with Gasteiger partial charge in [0.2, 0.25) is 5.91 Å². The average Bonchev–Trinajstić information content (AvgIpc) is 2.67. The fraction of sp³-hybridized carbons (Fsp3) is 0.450. The summed E-state index contributed by atoms with van der Waals surface area (Å²) in [4.78, 5) is 38.2. The topological polar surface area (TPSA) is 96.4 Å². The first-order chi connectivity index (χ1) is 13.4. The second kappa shape index (κ2) is 7.27. The predicted molar refractivity (Wildman–Crippen MR) is 103 cm³/mol. The van der Waals surface area contributed by atoms with E-state index in [-0.39, 0.29) is 24.1 Å². The molecule has 3 heterocycles. The first-order valence-electron chi connectivity index (χ1n) is 9.50. The molecule has 0 radical (unpaired) electrons. The van der Waals surface area contributed by atoms with Crippen LogP contribution in [0.4, 0.5) is 0 Å². The number of benzene rings is 1. The summed E-state index contributed by atoms with van der Waals surface area (Å²) >= 11 is 0. The van der Waals surface area contributed by atoms with Crippen molar-refractivity contribution in [3.63, 3.8) is 0 Å². The van der Waals surface area contributed by atoms with Crippen LogP contribution >= 0.6 is 0 Å². The molecule has 28 heavy (non-hydrogen) atoms. The first-order valence-corrected chi connectivity index (χ1v) is 9.50. The minimum atomic E-state index is -0.422. The number of hydrogen-bond acceptors (Lipinski definition) is 5. The summed E-state index contributed by atoms with van der Waals surface area (Å²) < 4.78 is 7.42. The molecule has 4 rings (SSSR count). The van der Waals surface area contributed by atoms with E-state index in [1.54, 1.807) is 0 Å². The van der Waals surface area contributed by atoms with Crippen molar-refractivity contribution in [1.82, 2.24) is 20.0 Å². The summed E-state index contributed by atoms with van der Waals surface area (Å²) in [5, 5.41) is 5.42. The normalized spacial score (nSPS) is 21.0. The Labute approximate surface area is 162 Å². The molecule has 1 aromatic carbocycles. The van der Waals surface area contributed by atoms with Crippen LogP contribution in [0.3, 0.4) is 0 Å². The van der Waals surface area contributed by atoms with Crippen molar-refractivity contribution < 1.29 is 9.53 Å². The quantitative estimate of drug-likeness (QED) is 0.810. The van der Waals surface area contributed by atoms with Gasteiger partial charge >= 0.3 is 0 Å². The Morgan fingerprint density at radius 2 is 1.96 bits per heavy atom. The molecule has 148 valence electrons. The highest BCUT2D eigenvalue weighted by Gasteiger charge is 2.43. The van der Waals surface area contributed by atoms with Crippen LogP contribution in [0.5, 0.6) is 5.75 Å². The van der Waals surface area contributed by atoms with E-state index in [0.717, 1.165) is 54.1 Å². The SMILES string of the molecule is CN1CCC2(CC1)CC(NC(=O)Cn1[nH]c(=O)ccc1=O)c1ccccc1O2. The van der Waals surface area contributed by atoms with Crippen molar-refractivity contribution in [2.24, 2.45) is 0 Å². The molecule has 1 unspecified atom stereocenters. The molecule has 1 fully saturated rings. The molecule has 2 aliphatic rings. The van der Waals surface area contributed by atoms with Crippen LogP contribution in [0.15, 0.2) is 46.0 Å². The standard InChI is InChI=1S/C20H24N4O4/c1-23-10-8-20(9-11-23)12-15(14-4-2-3-5-16(14)28-20)21-18(26)13-24-19(27)7-6-17(25)22-24/h2-7,15H,8-13H2,1H3,(H,21,26)(H,22,25). The molecule has 1 amide bonds. The lowest BCUT2D eigenvalue weighted by Crippen LogP contribution is -2.51. The summed E-state index contributed by atoms with van der Waals surface area (Å²) in [6.07, 6.45) is 2.48. The van der Waals surface area contributed by atoms with Gasteiger partial charge in [-0.2, -0.15) is 0 Å². The molecule has 2 aromatic rings. The summed E-state index contributed by atoms with van der Waals surface area (Å²) in [6, 6.07) is 9.85. The van der Waals surface area contributed by atoms with E-state index in [2.05, 4.69) is 22.4 Å². The molecule has 1 spiro atoms. The summed E-state index contributed by atoms with van der Waals surface area (Å²) in [5.74, 6) is 0.475. The van der Waals surface area contributed by atoms with Crippen molar-refractivity contribution >= 4 is 5.91 Å². The zero-order valence-electron chi connectivity index (χ0n) is 15.8.